The minimum absolute atomic E-state index is 0. The second-order valence-corrected chi connectivity index (χ2v) is 5.25. The molecule has 0 aromatic heterocycles. The molecule has 1 aromatic carbocycles. The Morgan fingerprint density at radius 2 is 1.90 bits per heavy atom. The van der Waals surface area contributed by atoms with Crippen molar-refractivity contribution in [3.63, 3.8) is 0 Å². The predicted molar refractivity (Wildman–Crippen MR) is 77.9 cm³/mol. The van der Waals surface area contributed by atoms with Crippen molar-refractivity contribution in [3.8, 4) is 0 Å². The number of piperazine rings is 1. The Kier molecular flexibility index (Phi) is 6.74. The largest absolute Gasteiger partial charge is 0.390 e. The van der Waals surface area contributed by atoms with Crippen molar-refractivity contribution in [3.05, 3.63) is 34.6 Å². The molecule has 3 nitrogen and oxygen atoms in total. The maximum absolute atomic E-state index is 14.1. The average molecular weight is 345 g/mol. The van der Waals surface area contributed by atoms with E-state index in [1.807, 2.05) is 0 Å². The normalized spacial score (nSPS) is 18.1. The third-order valence-electron chi connectivity index (χ3n) is 3.33. The zero-order valence-electron chi connectivity index (χ0n) is 11.2. The molecule has 120 valence electrons. The summed E-state index contributed by atoms with van der Waals surface area (Å²) in [5, 5.41) is 12.1. The third kappa shape index (κ3) is 4.47. The monoisotopic (exact) mass is 344 g/mol. The predicted octanol–water partition coefficient (Wildman–Crippen LogP) is 2.47. The van der Waals surface area contributed by atoms with Gasteiger partial charge in [0.05, 0.1) is 0 Å². The highest BCUT2D eigenvalue weighted by Crippen LogP contribution is 2.37. The second kappa shape index (κ2) is 7.65. The fraction of sp³-hybridized carbons (Fsp3) is 0.538. The van der Waals surface area contributed by atoms with Gasteiger partial charge in [0.25, 0.3) is 5.92 Å². The van der Waals surface area contributed by atoms with Crippen LogP contribution in [0.3, 0.4) is 0 Å². The first-order chi connectivity index (χ1) is 9.44. The molecule has 1 fully saturated rings. The summed E-state index contributed by atoms with van der Waals surface area (Å²) in [6.07, 6.45) is 0. The van der Waals surface area contributed by atoms with Crippen LogP contribution < -0.4 is 5.32 Å². The van der Waals surface area contributed by atoms with E-state index in [1.54, 1.807) is 0 Å². The fourth-order valence-electron chi connectivity index (χ4n) is 2.48. The van der Waals surface area contributed by atoms with E-state index in [1.165, 1.54) is 11.0 Å². The van der Waals surface area contributed by atoms with Crippen molar-refractivity contribution in [2.45, 2.75) is 12.0 Å². The lowest BCUT2D eigenvalue weighted by atomic mass is 9.98. The van der Waals surface area contributed by atoms with E-state index < -0.39 is 24.4 Å². The fourth-order valence-corrected chi connectivity index (χ4v) is 2.71. The van der Waals surface area contributed by atoms with E-state index in [4.69, 9.17) is 16.7 Å². The first kappa shape index (κ1) is 18.5. The van der Waals surface area contributed by atoms with Crippen molar-refractivity contribution in [1.29, 1.82) is 0 Å². The minimum Gasteiger partial charge on any atom is -0.390 e. The number of halogens is 5. The Bertz CT molecular complexity index is 450. The number of benzene rings is 1. The van der Waals surface area contributed by atoms with Crippen molar-refractivity contribution in [1.82, 2.24) is 10.2 Å². The van der Waals surface area contributed by atoms with Gasteiger partial charge in [-0.2, -0.15) is 0 Å². The van der Waals surface area contributed by atoms with Gasteiger partial charge in [-0.15, -0.1) is 12.4 Å². The van der Waals surface area contributed by atoms with Crippen LogP contribution in [-0.4, -0.2) is 48.7 Å². The van der Waals surface area contributed by atoms with E-state index in [-0.39, 0.29) is 23.0 Å². The molecule has 0 bridgehead atoms. The summed E-state index contributed by atoms with van der Waals surface area (Å²) < 4.78 is 41.6. The highest BCUT2D eigenvalue weighted by atomic mass is 35.5. The van der Waals surface area contributed by atoms with Crippen LogP contribution in [0, 0.1) is 5.82 Å². The quantitative estimate of drug-likeness (QED) is 0.880. The highest BCUT2D eigenvalue weighted by molar-refractivity contribution is 6.30. The lowest BCUT2D eigenvalue weighted by Gasteiger charge is -2.38. The van der Waals surface area contributed by atoms with Gasteiger partial charge in [-0.3, -0.25) is 4.90 Å². The molecule has 1 aliphatic heterocycles. The van der Waals surface area contributed by atoms with Crippen molar-refractivity contribution < 1.29 is 18.3 Å². The summed E-state index contributed by atoms with van der Waals surface area (Å²) in [5.41, 5.74) is 0.0796. The molecule has 1 saturated heterocycles. The zero-order chi connectivity index (χ0) is 14.8. The van der Waals surface area contributed by atoms with E-state index in [0.717, 1.165) is 12.1 Å². The van der Waals surface area contributed by atoms with Gasteiger partial charge in [0, 0.05) is 31.2 Å². The number of nitrogens with zero attached hydrogens (tertiary/aromatic N) is 1. The number of nitrogens with one attached hydrogen (secondary N) is 1. The van der Waals surface area contributed by atoms with E-state index in [2.05, 4.69) is 5.32 Å². The van der Waals surface area contributed by atoms with E-state index >= 15 is 0 Å². The van der Waals surface area contributed by atoms with Crippen LogP contribution in [-0.2, 0) is 0 Å². The lowest BCUT2D eigenvalue weighted by Crippen LogP contribution is -2.51. The number of aliphatic hydroxyl groups excluding tert-OH is 1. The van der Waals surface area contributed by atoms with E-state index in [9.17, 15) is 13.2 Å². The standard InChI is InChI=1S/C13H16ClF3N2O.ClH/c14-10-5-9(6-11(15)7-10)12(13(16,17)8-20)19-3-1-18-2-4-19;/h5-7,12,18,20H,1-4,8H2;1H/t12-;/m1./s1. The van der Waals surface area contributed by atoms with Crippen LogP contribution in [0.2, 0.25) is 5.02 Å². The molecule has 0 unspecified atom stereocenters. The number of rotatable bonds is 4. The van der Waals surface area contributed by atoms with Crippen LogP contribution in [0.25, 0.3) is 0 Å². The minimum atomic E-state index is -3.37. The van der Waals surface area contributed by atoms with Gasteiger partial charge in [-0.25, -0.2) is 13.2 Å². The van der Waals surface area contributed by atoms with Gasteiger partial charge in [-0.05, 0) is 23.8 Å². The summed E-state index contributed by atoms with van der Waals surface area (Å²) in [7, 11) is 0. The summed E-state index contributed by atoms with van der Waals surface area (Å²) in [5.74, 6) is -4.03. The van der Waals surface area contributed by atoms with Crippen molar-refractivity contribution in [2.75, 3.05) is 32.8 Å². The molecule has 2 rings (SSSR count). The molecule has 0 radical (unpaired) electrons. The first-order valence-corrected chi connectivity index (χ1v) is 6.71. The van der Waals surface area contributed by atoms with E-state index in [0.29, 0.717) is 26.2 Å². The van der Waals surface area contributed by atoms with Crippen molar-refractivity contribution in [2.24, 2.45) is 0 Å². The van der Waals surface area contributed by atoms with Gasteiger partial charge in [0.2, 0.25) is 0 Å². The first-order valence-electron chi connectivity index (χ1n) is 6.33. The molecule has 1 aliphatic rings. The molecule has 2 N–H and O–H groups in total. The van der Waals surface area contributed by atoms with Crippen LogP contribution in [0.15, 0.2) is 18.2 Å². The molecule has 21 heavy (non-hydrogen) atoms. The molecule has 1 heterocycles. The highest BCUT2D eigenvalue weighted by Gasteiger charge is 2.44. The average Bonchev–Trinajstić information content (AvgIpc) is 2.39. The second-order valence-electron chi connectivity index (χ2n) is 4.81. The molecule has 8 heteroatoms. The van der Waals surface area contributed by atoms with Crippen LogP contribution in [0.4, 0.5) is 13.2 Å². The maximum Gasteiger partial charge on any atom is 0.289 e. The molecular weight excluding hydrogens is 328 g/mol. The zero-order valence-corrected chi connectivity index (χ0v) is 12.7. The van der Waals surface area contributed by atoms with Crippen LogP contribution in [0.5, 0.6) is 0 Å². The number of hydrogen-bond donors (Lipinski definition) is 2. The van der Waals surface area contributed by atoms with Gasteiger partial charge in [0.1, 0.15) is 18.5 Å². The summed E-state index contributed by atoms with van der Waals surface area (Å²) in [6.45, 7) is 0.640. The summed E-state index contributed by atoms with van der Waals surface area (Å²) in [6, 6.07) is 2.04. The lowest BCUT2D eigenvalue weighted by molar-refractivity contribution is -0.118. The molecule has 1 atom stereocenters. The third-order valence-corrected chi connectivity index (χ3v) is 3.55. The number of alkyl halides is 2. The number of aliphatic hydroxyl groups is 1. The maximum atomic E-state index is 14.1. The van der Waals surface area contributed by atoms with Gasteiger partial charge < -0.3 is 10.4 Å². The Hall–Kier alpha value is -0.530. The van der Waals surface area contributed by atoms with Crippen LogP contribution >= 0.6 is 24.0 Å². The summed E-state index contributed by atoms with van der Waals surface area (Å²) in [4.78, 5) is 1.54. The van der Waals surface area contributed by atoms with Crippen LogP contribution in [0.1, 0.15) is 11.6 Å². The molecule has 1 aromatic rings. The molecule has 0 saturated carbocycles. The van der Waals surface area contributed by atoms with Gasteiger partial charge in [-0.1, -0.05) is 11.6 Å². The van der Waals surface area contributed by atoms with Gasteiger partial charge >= 0.3 is 0 Å². The Labute approximate surface area is 132 Å². The Balaban J connectivity index is 0.00000220. The molecular formula is C13H17Cl2F3N2O. The smallest absolute Gasteiger partial charge is 0.289 e. The molecule has 0 aliphatic carbocycles. The summed E-state index contributed by atoms with van der Waals surface area (Å²) >= 11 is 5.75. The Morgan fingerprint density at radius 1 is 1.29 bits per heavy atom. The Morgan fingerprint density at radius 3 is 2.43 bits per heavy atom. The SMILES string of the molecule is Cl.OCC(F)(F)[C@@H](c1cc(F)cc(Cl)c1)N1CCNCC1. The van der Waals surface area contributed by atoms with Crippen molar-refractivity contribution >= 4 is 24.0 Å². The molecule has 0 amide bonds. The van der Waals surface area contributed by atoms with Gasteiger partial charge in [0.15, 0.2) is 0 Å². The topological polar surface area (TPSA) is 35.5 Å². The number of hydrogen-bond acceptors (Lipinski definition) is 3. The molecule has 0 spiro atoms.